The second-order valence-corrected chi connectivity index (χ2v) is 8.38. The van der Waals surface area contributed by atoms with Crippen LogP contribution in [0.3, 0.4) is 0 Å². The van der Waals surface area contributed by atoms with Crippen LogP contribution in [0.4, 0.5) is 4.79 Å². The Bertz CT molecular complexity index is 645. The first-order valence-electron chi connectivity index (χ1n) is 9.17. The first-order chi connectivity index (χ1) is 11.6. The smallest absolute Gasteiger partial charge is 0.410 e. The zero-order valence-electron chi connectivity index (χ0n) is 16.4. The van der Waals surface area contributed by atoms with Crippen LogP contribution in [0.2, 0.25) is 0 Å². The monoisotopic (exact) mass is 345 g/mol. The van der Waals surface area contributed by atoms with Crippen LogP contribution in [0.1, 0.15) is 68.4 Å². The highest BCUT2D eigenvalue weighted by atomic mass is 16.6. The van der Waals surface area contributed by atoms with Gasteiger partial charge in [-0.15, -0.1) is 0 Å². The molecule has 4 heteroatoms. The molecule has 0 aromatic heterocycles. The maximum Gasteiger partial charge on any atom is 0.410 e. The van der Waals surface area contributed by atoms with Gasteiger partial charge in [-0.05, 0) is 70.6 Å². The molecule has 0 aliphatic carbocycles. The molecule has 25 heavy (non-hydrogen) atoms. The van der Waals surface area contributed by atoms with Gasteiger partial charge in [-0.25, -0.2) is 4.79 Å². The minimum Gasteiger partial charge on any atom is -0.444 e. The lowest BCUT2D eigenvalue weighted by Crippen LogP contribution is -2.48. The van der Waals surface area contributed by atoms with Crippen LogP contribution in [-0.2, 0) is 4.74 Å². The number of piperidine rings is 1. The van der Waals surface area contributed by atoms with Crippen molar-refractivity contribution in [3.63, 3.8) is 0 Å². The molecule has 1 saturated heterocycles. The average molecular weight is 345 g/mol. The summed E-state index contributed by atoms with van der Waals surface area (Å²) in [6.45, 7) is 12.5. The Morgan fingerprint density at radius 3 is 2.48 bits per heavy atom. The maximum atomic E-state index is 12.8. The molecule has 0 radical (unpaired) electrons. The molecule has 2 rings (SSSR count). The van der Waals surface area contributed by atoms with Crippen molar-refractivity contribution in [2.75, 3.05) is 6.54 Å². The van der Waals surface area contributed by atoms with Crippen molar-refractivity contribution in [1.82, 2.24) is 4.90 Å². The Morgan fingerprint density at radius 2 is 1.88 bits per heavy atom. The van der Waals surface area contributed by atoms with Gasteiger partial charge < -0.3 is 9.64 Å². The third-order valence-corrected chi connectivity index (χ3v) is 4.86. The fourth-order valence-electron chi connectivity index (χ4n) is 3.25. The van der Waals surface area contributed by atoms with Gasteiger partial charge in [-0.3, -0.25) is 4.79 Å². The molecule has 2 atom stereocenters. The van der Waals surface area contributed by atoms with Gasteiger partial charge >= 0.3 is 6.09 Å². The van der Waals surface area contributed by atoms with E-state index in [9.17, 15) is 9.59 Å². The Balaban J connectivity index is 2.13. The number of carbonyl (C=O) groups is 2. The minimum absolute atomic E-state index is 0.0901. The van der Waals surface area contributed by atoms with E-state index in [0.717, 1.165) is 24.0 Å². The molecule has 1 aromatic rings. The predicted octanol–water partition coefficient (Wildman–Crippen LogP) is 4.91. The molecule has 4 nitrogen and oxygen atoms in total. The van der Waals surface area contributed by atoms with Crippen molar-refractivity contribution in [2.45, 2.75) is 72.4 Å². The summed E-state index contributed by atoms with van der Waals surface area (Å²) in [6, 6.07) is 5.72. The van der Waals surface area contributed by atoms with Gasteiger partial charge in [0.2, 0.25) is 0 Å². The molecule has 0 bridgehead atoms. The van der Waals surface area contributed by atoms with Gasteiger partial charge in [0.1, 0.15) is 5.60 Å². The predicted molar refractivity (Wildman–Crippen MR) is 100.0 cm³/mol. The Hall–Kier alpha value is -1.84. The lowest BCUT2D eigenvalue weighted by atomic mass is 9.88. The largest absolute Gasteiger partial charge is 0.444 e. The summed E-state index contributed by atoms with van der Waals surface area (Å²) in [5.74, 6) is 0.604. The van der Waals surface area contributed by atoms with Crippen molar-refractivity contribution < 1.29 is 14.3 Å². The van der Waals surface area contributed by atoms with E-state index < -0.39 is 5.60 Å². The average Bonchev–Trinajstić information content (AvgIpc) is 2.48. The fraction of sp³-hybridized carbons (Fsp3) is 0.619. The van der Waals surface area contributed by atoms with E-state index in [2.05, 4.69) is 6.92 Å². The number of nitrogens with zero attached hydrogens (tertiary/aromatic N) is 1. The molecule has 1 fully saturated rings. The van der Waals surface area contributed by atoms with Crippen LogP contribution in [0, 0.1) is 19.8 Å². The number of hydrogen-bond acceptors (Lipinski definition) is 3. The van der Waals surface area contributed by atoms with E-state index in [4.69, 9.17) is 4.74 Å². The zero-order valence-corrected chi connectivity index (χ0v) is 16.4. The number of benzene rings is 1. The SMILES string of the molecule is Cc1ccc(C(=O)CC2CC(C)CCN2C(=O)OC(C)(C)C)cc1C. The van der Waals surface area contributed by atoms with Gasteiger partial charge in [0.05, 0.1) is 0 Å². The van der Waals surface area contributed by atoms with E-state index >= 15 is 0 Å². The molecule has 1 aliphatic rings. The molecule has 1 aliphatic heterocycles. The Labute approximate surface area is 151 Å². The van der Waals surface area contributed by atoms with Crippen molar-refractivity contribution in [3.8, 4) is 0 Å². The summed E-state index contributed by atoms with van der Waals surface area (Å²) in [6.07, 6.45) is 1.84. The molecule has 0 saturated carbocycles. The van der Waals surface area contributed by atoms with E-state index in [-0.39, 0.29) is 17.9 Å². The lowest BCUT2D eigenvalue weighted by Gasteiger charge is -2.39. The van der Waals surface area contributed by atoms with E-state index in [1.807, 2.05) is 52.8 Å². The molecule has 0 N–H and O–H groups in total. The zero-order chi connectivity index (χ0) is 18.8. The summed E-state index contributed by atoms with van der Waals surface area (Å²) in [5.41, 5.74) is 2.50. The first kappa shape index (κ1) is 19.5. The summed E-state index contributed by atoms with van der Waals surface area (Å²) in [7, 11) is 0. The van der Waals surface area contributed by atoms with Crippen molar-refractivity contribution in [1.29, 1.82) is 0 Å². The maximum absolute atomic E-state index is 12.8. The number of ketones is 1. The Morgan fingerprint density at radius 1 is 1.20 bits per heavy atom. The van der Waals surface area contributed by atoms with E-state index in [1.54, 1.807) is 4.90 Å². The highest BCUT2D eigenvalue weighted by Crippen LogP contribution is 2.27. The van der Waals surface area contributed by atoms with Crippen molar-refractivity contribution in [2.24, 2.45) is 5.92 Å². The quantitative estimate of drug-likeness (QED) is 0.731. The van der Waals surface area contributed by atoms with Crippen molar-refractivity contribution >= 4 is 11.9 Å². The summed E-state index contributed by atoms with van der Waals surface area (Å²) >= 11 is 0. The van der Waals surface area contributed by atoms with Gasteiger partial charge in [-0.2, -0.15) is 0 Å². The third-order valence-electron chi connectivity index (χ3n) is 4.86. The number of amides is 1. The van der Waals surface area contributed by atoms with E-state index in [0.29, 0.717) is 18.9 Å². The molecule has 2 unspecified atom stereocenters. The summed E-state index contributed by atoms with van der Waals surface area (Å²) < 4.78 is 5.54. The van der Waals surface area contributed by atoms with Gasteiger partial charge in [0.25, 0.3) is 0 Å². The molecular formula is C21H31NO3. The highest BCUT2D eigenvalue weighted by molar-refractivity contribution is 5.97. The molecule has 1 aromatic carbocycles. The summed E-state index contributed by atoms with van der Waals surface area (Å²) in [4.78, 5) is 27.1. The lowest BCUT2D eigenvalue weighted by molar-refractivity contribution is 0.00514. The van der Waals surface area contributed by atoms with Crippen molar-refractivity contribution in [3.05, 3.63) is 34.9 Å². The number of aryl methyl sites for hydroxylation is 2. The Kier molecular flexibility index (Phi) is 5.91. The second-order valence-electron chi connectivity index (χ2n) is 8.38. The normalized spacial score (nSPS) is 21.1. The number of Topliss-reactive ketones (excluding diaryl/α,β-unsaturated/α-hetero) is 1. The number of rotatable bonds is 3. The van der Waals surface area contributed by atoms with Crippen LogP contribution in [0.15, 0.2) is 18.2 Å². The topological polar surface area (TPSA) is 46.6 Å². The molecule has 0 spiro atoms. The van der Waals surface area contributed by atoms with Crippen LogP contribution in [0.25, 0.3) is 0 Å². The number of ether oxygens (including phenoxy) is 1. The van der Waals surface area contributed by atoms with Crippen LogP contribution in [0.5, 0.6) is 0 Å². The van der Waals surface area contributed by atoms with Crippen LogP contribution >= 0.6 is 0 Å². The number of hydrogen-bond donors (Lipinski definition) is 0. The van der Waals surface area contributed by atoms with Gasteiger partial charge in [0, 0.05) is 24.6 Å². The second kappa shape index (κ2) is 7.59. The standard InChI is InChI=1S/C21H31NO3/c1-14-9-10-22(20(24)25-21(4,5)6)18(11-14)13-19(23)17-8-7-15(2)16(3)12-17/h7-8,12,14,18H,9-11,13H2,1-6H3. The third kappa shape index (κ3) is 5.32. The molecule has 1 amide bonds. The fourth-order valence-corrected chi connectivity index (χ4v) is 3.25. The first-order valence-corrected chi connectivity index (χ1v) is 9.17. The van der Waals surface area contributed by atoms with E-state index in [1.165, 1.54) is 5.56 Å². The molecular weight excluding hydrogens is 314 g/mol. The van der Waals surface area contributed by atoms with Crippen LogP contribution in [-0.4, -0.2) is 35.0 Å². The van der Waals surface area contributed by atoms with Gasteiger partial charge in [-0.1, -0.05) is 19.1 Å². The number of carbonyl (C=O) groups excluding carboxylic acids is 2. The number of likely N-dealkylation sites (tertiary alicyclic amines) is 1. The van der Waals surface area contributed by atoms with Gasteiger partial charge in [0.15, 0.2) is 5.78 Å². The molecule has 138 valence electrons. The molecule has 1 heterocycles. The van der Waals surface area contributed by atoms with Crippen LogP contribution < -0.4 is 0 Å². The minimum atomic E-state index is -0.525. The highest BCUT2D eigenvalue weighted by Gasteiger charge is 2.34. The summed E-state index contributed by atoms with van der Waals surface area (Å²) in [5, 5.41) is 0.